The maximum Gasteiger partial charge on any atom is 0.242 e. The normalized spacial score (nSPS) is 11.6. The van der Waals surface area contributed by atoms with Crippen molar-refractivity contribution in [1.82, 2.24) is 10.2 Å². The molecule has 2 rings (SSSR count). The fourth-order valence-electron chi connectivity index (χ4n) is 3.38. The highest BCUT2D eigenvalue weighted by Crippen LogP contribution is 2.18. The summed E-state index contributed by atoms with van der Waals surface area (Å²) in [5, 5.41) is 2.99. The standard InChI is InChI=1S/C25H34N2O3/c1-5-7-15-26-25(29)23(6-2)27(18-21-9-8-10-22(16-21)30-4)24(28)17-20-13-11-19(3)12-14-20/h8-14,16,23H,5-7,15,17-18H2,1-4H3,(H,26,29)/t23-/m1/s1. The van der Waals surface area contributed by atoms with E-state index in [2.05, 4.69) is 12.2 Å². The Morgan fingerprint density at radius 1 is 1.07 bits per heavy atom. The van der Waals surface area contributed by atoms with Gasteiger partial charge in [0, 0.05) is 13.1 Å². The van der Waals surface area contributed by atoms with E-state index in [0.717, 1.165) is 35.3 Å². The predicted octanol–water partition coefficient (Wildman–Crippen LogP) is 4.27. The van der Waals surface area contributed by atoms with Crippen LogP contribution in [0.5, 0.6) is 5.75 Å². The fraction of sp³-hybridized carbons (Fsp3) is 0.440. The van der Waals surface area contributed by atoms with E-state index in [0.29, 0.717) is 19.5 Å². The molecular weight excluding hydrogens is 376 g/mol. The van der Waals surface area contributed by atoms with Crippen LogP contribution in [-0.4, -0.2) is 36.4 Å². The molecule has 0 spiro atoms. The lowest BCUT2D eigenvalue weighted by molar-refractivity contribution is -0.140. The van der Waals surface area contributed by atoms with Crippen molar-refractivity contribution in [3.8, 4) is 5.75 Å². The van der Waals surface area contributed by atoms with Crippen LogP contribution in [0, 0.1) is 6.92 Å². The van der Waals surface area contributed by atoms with Gasteiger partial charge in [-0.05, 0) is 43.0 Å². The minimum absolute atomic E-state index is 0.0563. The van der Waals surface area contributed by atoms with Crippen LogP contribution in [0.4, 0.5) is 0 Å². The molecule has 30 heavy (non-hydrogen) atoms. The van der Waals surface area contributed by atoms with Gasteiger partial charge in [0.25, 0.3) is 0 Å². The Balaban J connectivity index is 2.25. The summed E-state index contributed by atoms with van der Waals surface area (Å²) in [4.78, 5) is 27.9. The maximum atomic E-state index is 13.3. The smallest absolute Gasteiger partial charge is 0.242 e. The molecule has 1 atom stereocenters. The lowest BCUT2D eigenvalue weighted by atomic mass is 10.1. The molecule has 0 unspecified atom stereocenters. The van der Waals surface area contributed by atoms with Crippen LogP contribution >= 0.6 is 0 Å². The molecule has 5 heteroatoms. The number of amides is 2. The van der Waals surface area contributed by atoms with Gasteiger partial charge >= 0.3 is 0 Å². The molecule has 0 saturated heterocycles. The molecule has 0 heterocycles. The second kappa shape index (κ2) is 12.0. The van der Waals surface area contributed by atoms with E-state index in [4.69, 9.17) is 4.74 Å². The third-order valence-corrected chi connectivity index (χ3v) is 5.18. The zero-order valence-corrected chi connectivity index (χ0v) is 18.6. The molecule has 0 aliphatic rings. The molecule has 162 valence electrons. The van der Waals surface area contributed by atoms with Crippen molar-refractivity contribution in [3.05, 3.63) is 65.2 Å². The summed E-state index contributed by atoms with van der Waals surface area (Å²) in [7, 11) is 1.62. The van der Waals surface area contributed by atoms with Crippen LogP contribution in [0.2, 0.25) is 0 Å². The van der Waals surface area contributed by atoms with Crippen LogP contribution in [0.3, 0.4) is 0 Å². The minimum Gasteiger partial charge on any atom is -0.497 e. The Bertz CT molecular complexity index is 817. The molecule has 0 aliphatic carbocycles. The minimum atomic E-state index is -0.508. The van der Waals surface area contributed by atoms with Crippen molar-refractivity contribution in [2.75, 3.05) is 13.7 Å². The Labute approximate surface area is 180 Å². The number of nitrogens with zero attached hydrogens (tertiary/aromatic N) is 1. The average Bonchev–Trinajstić information content (AvgIpc) is 2.75. The molecule has 2 aromatic carbocycles. The van der Waals surface area contributed by atoms with Crippen LogP contribution in [0.1, 0.15) is 49.8 Å². The van der Waals surface area contributed by atoms with Crippen molar-refractivity contribution >= 4 is 11.8 Å². The molecule has 0 fully saturated rings. The summed E-state index contributed by atoms with van der Waals surface area (Å²) in [6.07, 6.45) is 2.76. The molecule has 5 nitrogen and oxygen atoms in total. The molecule has 0 radical (unpaired) electrons. The molecule has 0 bridgehead atoms. The molecular formula is C25H34N2O3. The van der Waals surface area contributed by atoms with E-state index < -0.39 is 6.04 Å². The Hall–Kier alpha value is -2.82. The van der Waals surface area contributed by atoms with Gasteiger partial charge in [0.1, 0.15) is 11.8 Å². The maximum absolute atomic E-state index is 13.3. The van der Waals surface area contributed by atoms with E-state index in [1.54, 1.807) is 12.0 Å². The number of carbonyl (C=O) groups excluding carboxylic acids is 2. The van der Waals surface area contributed by atoms with Gasteiger partial charge in [-0.15, -0.1) is 0 Å². The molecule has 2 amide bonds. The number of ether oxygens (including phenoxy) is 1. The Morgan fingerprint density at radius 3 is 2.43 bits per heavy atom. The number of benzene rings is 2. The summed E-state index contributed by atoms with van der Waals surface area (Å²) in [5.74, 6) is 0.587. The Kier molecular flexibility index (Phi) is 9.39. The molecule has 1 N–H and O–H groups in total. The Morgan fingerprint density at radius 2 is 1.80 bits per heavy atom. The number of unbranched alkanes of at least 4 members (excludes halogenated alkanes) is 1. The summed E-state index contributed by atoms with van der Waals surface area (Å²) in [5.41, 5.74) is 3.04. The summed E-state index contributed by atoms with van der Waals surface area (Å²) < 4.78 is 5.32. The average molecular weight is 411 g/mol. The van der Waals surface area contributed by atoms with Crippen molar-refractivity contribution < 1.29 is 14.3 Å². The van der Waals surface area contributed by atoms with E-state index in [9.17, 15) is 9.59 Å². The summed E-state index contributed by atoms with van der Waals surface area (Å²) >= 11 is 0. The van der Waals surface area contributed by atoms with Gasteiger partial charge in [-0.1, -0.05) is 62.2 Å². The zero-order valence-electron chi connectivity index (χ0n) is 18.6. The first kappa shape index (κ1) is 23.5. The second-order valence-corrected chi connectivity index (χ2v) is 7.60. The summed E-state index contributed by atoms with van der Waals surface area (Å²) in [6.45, 7) is 7.05. The topological polar surface area (TPSA) is 58.6 Å². The quantitative estimate of drug-likeness (QED) is 0.563. The third kappa shape index (κ3) is 6.90. The third-order valence-electron chi connectivity index (χ3n) is 5.18. The number of aryl methyl sites for hydroxylation is 1. The van der Waals surface area contributed by atoms with Crippen molar-refractivity contribution in [2.45, 2.75) is 59.0 Å². The fourth-order valence-corrected chi connectivity index (χ4v) is 3.38. The van der Waals surface area contributed by atoms with Gasteiger partial charge in [0.15, 0.2) is 0 Å². The van der Waals surface area contributed by atoms with Gasteiger partial charge in [-0.25, -0.2) is 0 Å². The highest BCUT2D eigenvalue weighted by atomic mass is 16.5. The van der Waals surface area contributed by atoms with Crippen molar-refractivity contribution in [2.24, 2.45) is 0 Å². The highest BCUT2D eigenvalue weighted by Gasteiger charge is 2.28. The summed E-state index contributed by atoms with van der Waals surface area (Å²) in [6, 6.07) is 15.1. The first-order valence-electron chi connectivity index (χ1n) is 10.7. The van der Waals surface area contributed by atoms with Crippen LogP contribution in [0.25, 0.3) is 0 Å². The SMILES string of the molecule is CCCCNC(=O)[C@@H](CC)N(Cc1cccc(OC)c1)C(=O)Cc1ccc(C)cc1. The van der Waals surface area contributed by atoms with Gasteiger partial charge in [-0.2, -0.15) is 0 Å². The lowest BCUT2D eigenvalue weighted by Gasteiger charge is -2.31. The highest BCUT2D eigenvalue weighted by molar-refractivity contribution is 5.88. The lowest BCUT2D eigenvalue weighted by Crippen LogP contribution is -2.49. The number of methoxy groups -OCH3 is 1. The molecule has 0 saturated carbocycles. The van der Waals surface area contributed by atoms with Gasteiger partial charge in [0.2, 0.25) is 11.8 Å². The first-order valence-corrected chi connectivity index (χ1v) is 10.7. The first-order chi connectivity index (χ1) is 14.5. The number of carbonyl (C=O) groups is 2. The number of nitrogens with one attached hydrogen (secondary N) is 1. The second-order valence-electron chi connectivity index (χ2n) is 7.60. The number of hydrogen-bond acceptors (Lipinski definition) is 3. The monoisotopic (exact) mass is 410 g/mol. The van der Waals surface area contributed by atoms with Crippen LogP contribution in [0.15, 0.2) is 48.5 Å². The van der Waals surface area contributed by atoms with Crippen LogP contribution in [-0.2, 0) is 22.6 Å². The van der Waals surface area contributed by atoms with Gasteiger partial charge < -0.3 is 15.0 Å². The van der Waals surface area contributed by atoms with Crippen molar-refractivity contribution in [1.29, 1.82) is 0 Å². The van der Waals surface area contributed by atoms with Gasteiger partial charge in [0.05, 0.1) is 13.5 Å². The largest absolute Gasteiger partial charge is 0.497 e. The number of hydrogen-bond donors (Lipinski definition) is 1. The van der Waals surface area contributed by atoms with E-state index in [-0.39, 0.29) is 18.2 Å². The molecule has 2 aromatic rings. The molecule has 0 aromatic heterocycles. The van der Waals surface area contributed by atoms with Gasteiger partial charge in [-0.3, -0.25) is 9.59 Å². The molecule has 0 aliphatic heterocycles. The van der Waals surface area contributed by atoms with E-state index in [1.807, 2.05) is 62.4 Å². The van der Waals surface area contributed by atoms with Crippen molar-refractivity contribution in [3.63, 3.8) is 0 Å². The predicted molar refractivity (Wildman–Crippen MR) is 120 cm³/mol. The zero-order chi connectivity index (χ0) is 21.9. The van der Waals surface area contributed by atoms with E-state index >= 15 is 0 Å². The van der Waals surface area contributed by atoms with Crippen LogP contribution < -0.4 is 10.1 Å². The van der Waals surface area contributed by atoms with E-state index in [1.165, 1.54) is 0 Å². The number of rotatable bonds is 11.